The summed E-state index contributed by atoms with van der Waals surface area (Å²) in [5.74, 6) is 0.0387. The first kappa shape index (κ1) is 30.6. The summed E-state index contributed by atoms with van der Waals surface area (Å²) >= 11 is 0. The number of hydrogen-bond acceptors (Lipinski definition) is 17. The number of imidazole rings is 2. The summed E-state index contributed by atoms with van der Waals surface area (Å²) in [7, 11) is -8.42. The molecule has 0 aromatic carbocycles. The van der Waals surface area contributed by atoms with Crippen LogP contribution in [0.2, 0.25) is 0 Å². The van der Waals surface area contributed by atoms with Gasteiger partial charge in [0.2, 0.25) is 0 Å². The molecule has 2 fully saturated rings. The van der Waals surface area contributed by atoms with E-state index in [1.807, 2.05) is 0 Å². The molecule has 2 aliphatic heterocycles. The molecule has 44 heavy (non-hydrogen) atoms. The highest BCUT2D eigenvalue weighted by atomic mass is 31.2. The highest BCUT2D eigenvalue weighted by molar-refractivity contribution is 7.47. The Morgan fingerprint density at radius 2 is 1.68 bits per heavy atom. The van der Waals surface area contributed by atoms with Gasteiger partial charge in [-0.3, -0.25) is 23.0 Å². The van der Waals surface area contributed by atoms with Gasteiger partial charge in [-0.1, -0.05) is 0 Å². The van der Waals surface area contributed by atoms with Crippen LogP contribution in [0.3, 0.4) is 0 Å². The number of anilines is 1. The summed E-state index contributed by atoms with van der Waals surface area (Å²) in [4.78, 5) is 54.3. The van der Waals surface area contributed by atoms with E-state index in [0.717, 1.165) is 19.0 Å². The number of aliphatic hydroxyl groups excluding tert-OH is 3. The third-order valence-electron chi connectivity index (χ3n) is 6.97. The largest absolute Gasteiger partial charge is 0.695 e. The van der Waals surface area contributed by atoms with Crippen molar-refractivity contribution in [1.82, 2.24) is 39.0 Å². The van der Waals surface area contributed by atoms with E-state index >= 15 is 0 Å². The van der Waals surface area contributed by atoms with Crippen molar-refractivity contribution in [3.8, 4) is 0 Å². The summed E-state index contributed by atoms with van der Waals surface area (Å²) in [5.41, 5.74) is 5.44. The van der Waals surface area contributed by atoms with Crippen LogP contribution >= 0.6 is 16.1 Å². The van der Waals surface area contributed by atoms with Crippen molar-refractivity contribution >= 4 is 44.2 Å². The Balaban J connectivity index is 1.22. The van der Waals surface area contributed by atoms with Gasteiger partial charge in [0.15, 0.2) is 41.2 Å². The second-order valence-electron chi connectivity index (χ2n) is 9.57. The third kappa shape index (κ3) is 5.51. The summed E-state index contributed by atoms with van der Waals surface area (Å²) in [6.07, 6.45) is -7.36. The van der Waals surface area contributed by atoms with Crippen LogP contribution in [0, 0.1) is 0 Å². The molecular formula is C20H24N9O13P2+. The molecular weight excluding hydrogens is 636 g/mol. The fourth-order valence-electron chi connectivity index (χ4n) is 4.98. The zero-order valence-corrected chi connectivity index (χ0v) is 23.7. The molecule has 2 aliphatic rings. The van der Waals surface area contributed by atoms with Gasteiger partial charge < -0.3 is 40.4 Å². The number of hydrogen-bond donors (Lipinski definition) is 7. The van der Waals surface area contributed by atoms with Crippen molar-refractivity contribution < 1.29 is 57.3 Å². The number of nitrogens with zero attached hydrogens (tertiary/aromatic N) is 7. The molecule has 0 bridgehead atoms. The molecule has 2 unspecified atom stereocenters. The van der Waals surface area contributed by atoms with Crippen molar-refractivity contribution in [3.63, 3.8) is 0 Å². The van der Waals surface area contributed by atoms with Crippen LogP contribution in [0.25, 0.3) is 22.3 Å². The van der Waals surface area contributed by atoms with Crippen LogP contribution in [0.1, 0.15) is 12.5 Å². The van der Waals surface area contributed by atoms with E-state index in [2.05, 4.69) is 29.9 Å². The number of ether oxygens (including phenoxy) is 2. The zero-order chi connectivity index (χ0) is 31.3. The Bertz CT molecular complexity index is 1800. The maximum Gasteiger partial charge on any atom is 0.695 e. The molecule has 6 heterocycles. The minimum atomic E-state index is -5.14. The molecule has 10 atom stereocenters. The van der Waals surface area contributed by atoms with Crippen molar-refractivity contribution in [2.75, 3.05) is 18.9 Å². The van der Waals surface area contributed by atoms with E-state index in [4.69, 9.17) is 28.8 Å². The number of nitrogens with two attached hydrogens (primary N) is 1. The van der Waals surface area contributed by atoms with E-state index in [0.29, 0.717) is 0 Å². The minimum absolute atomic E-state index is 0.0108. The predicted molar refractivity (Wildman–Crippen MR) is 140 cm³/mol. The van der Waals surface area contributed by atoms with E-state index < -0.39 is 83.9 Å². The lowest BCUT2D eigenvalue weighted by Gasteiger charge is -2.24. The Hall–Kier alpha value is -3.37. The fourth-order valence-corrected chi connectivity index (χ4v) is 6.38. The molecule has 0 aliphatic carbocycles. The Kier molecular flexibility index (Phi) is 8.26. The van der Waals surface area contributed by atoms with Crippen molar-refractivity contribution in [1.29, 1.82) is 0 Å². The van der Waals surface area contributed by atoms with E-state index in [1.165, 1.54) is 15.5 Å². The molecule has 24 heteroatoms. The van der Waals surface area contributed by atoms with Crippen LogP contribution in [-0.4, -0.2) is 114 Å². The molecule has 0 saturated carbocycles. The van der Waals surface area contributed by atoms with E-state index in [-0.39, 0.29) is 28.1 Å². The van der Waals surface area contributed by atoms with E-state index in [9.17, 15) is 39.0 Å². The molecule has 6 rings (SSSR count). The quantitative estimate of drug-likeness (QED) is 0.0871. The standard InChI is InChI=1S/C20H23N9O13P2/c21-15-9-16(23-3-22-15)28(5-26-9)19-12(32)13(41-43(34)35)8(40-19)2-38-44(36,37)42-14-11(31)7(1-30)39-20(14)29-6-27-10-17(29)24-4-25-18(10)33/h3-8,11-14,19-20,30-32H,1-2H2,(H4-,21,22,23,24,25,33,34,35,36,37)/p+1/t7-,8-,11-,12-,13-,14-,19-,20-/m1/s1. The minimum Gasteiger partial charge on any atom is -0.394 e. The normalized spacial score (nSPS) is 30.7. The topological polar surface area (TPSA) is 315 Å². The average Bonchev–Trinajstić information content (AvgIpc) is 3.74. The molecule has 22 nitrogen and oxygen atoms in total. The number of aliphatic hydroxyl groups is 3. The van der Waals surface area contributed by atoms with Crippen LogP contribution in [0.4, 0.5) is 5.82 Å². The summed E-state index contributed by atoms with van der Waals surface area (Å²) in [5, 5.41) is 31.3. The fraction of sp³-hybridized carbons (Fsp3) is 0.500. The zero-order valence-electron chi connectivity index (χ0n) is 21.9. The lowest BCUT2D eigenvalue weighted by molar-refractivity contribution is -0.0609. The number of aromatic nitrogens is 8. The molecule has 4 aromatic heterocycles. The van der Waals surface area contributed by atoms with Gasteiger partial charge >= 0.3 is 16.1 Å². The number of phosphoric acid groups is 1. The predicted octanol–water partition coefficient (Wildman–Crippen LogP) is -2.41. The second kappa shape index (κ2) is 11.9. The molecule has 0 spiro atoms. The lowest BCUT2D eigenvalue weighted by Crippen LogP contribution is -2.36. The first-order valence-electron chi connectivity index (χ1n) is 12.6. The van der Waals surface area contributed by atoms with Gasteiger partial charge in [-0.15, -0.1) is 9.42 Å². The summed E-state index contributed by atoms with van der Waals surface area (Å²) in [6.45, 7) is -1.54. The Morgan fingerprint density at radius 1 is 1.00 bits per heavy atom. The van der Waals surface area contributed by atoms with Crippen molar-refractivity contribution in [2.24, 2.45) is 0 Å². The van der Waals surface area contributed by atoms with Crippen LogP contribution < -0.4 is 11.3 Å². The van der Waals surface area contributed by atoms with Crippen LogP contribution in [0.15, 0.2) is 30.1 Å². The van der Waals surface area contributed by atoms with Crippen molar-refractivity contribution in [3.05, 3.63) is 35.7 Å². The molecule has 2 saturated heterocycles. The van der Waals surface area contributed by atoms with Crippen LogP contribution in [-0.2, 0) is 32.2 Å². The van der Waals surface area contributed by atoms with Gasteiger partial charge in [0.1, 0.15) is 42.4 Å². The Labute approximate surface area is 244 Å². The average molecular weight is 660 g/mol. The van der Waals surface area contributed by atoms with Gasteiger partial charge in [-0.2, -0.15) is 0 Å². The maximum absolute atomic E-state index is 13.1. The number of phosphoric ester groups is 1. The molecule has 8 N–H and O–H groups in total. The summed E-state index contributed by atoms with van der Waals surface area (Å²) in [6, 6.07) is 0. The van der Waals surface area contributed by atoms with Gasteiger partial charge in [-0.05, 0) is 0 Å². The van der Waals surface area contributed by atoms with E-state index in [1.54, 1.807) is 0 Å². The molecule has 4 aromatic rings. The number of nitrogens with one attached hydrogen (secondary N) is 1. The smallest absolute Gasteiger partial charge is 0.394 e. The SMILES string of the molecule is Nc1ncnc2c1ncn2[C@@H]1O[C@H](COP(=O)(O)O[C@@H]2[C@H](O)[C@@H](CO)O[C@H]2n2cnc3c(=O)[nH]cnc32)[C@@H](O[P+](=O)O)[C@H]1O. The number of nitrogen functional groups attached to an aromatic ring is 1. The number of rotatable bonds is 10. The van der Waals surface area contributed by atoms with Gasteiger partial charge in [0.25, 0.3) is 5.56 Å². The monoisotopic (exact) mass is 660 g/mol. The van der Waals surface area contributed by atoms with Crippen molar-refractivity contribution in [2.45, 2.75) is 49.1 Å². The van der Waals surface area contributed by atoms with Gasteiger partial charge in [-0.25, -0.2) is 29.5 Å². The first-order chi connectivity index (χ1) is 21.0. The van der Waals surface area contributed by atoms with Gasteiger partial charge in [0, 0.05) is 4.57 Å². The third-order valence-corrected chi connectivity index (χ3v) is 8.38. The highest BCUT2D eigenvalue weighted by Gasteiger charge is 2.53. The van der Waals surface area contributed by atoms with Gasteiger partial charge in [0.05, 0.1) is 32.2 Å². The Morgan fingerprint density at radius 3 is 2.41 bits per heavy atom. The molecule has 0 amide bonds. The number of H-pyrrole nitrogens is 1. The maximum atomic E-state index is 13.1. The number of fused-ring (bicyclic) bond motifs is 2. The first-order valence-corrected chi connectivity index (χ1v) is 15.2. The summed E-state index contributed by atoms with van der Waals surface area (Å²) < 4.78 is 53.7. The second-order valence-corrected chi connectivity index (χ2v) is 11.7. The molecule has 236 valence electrons. The molecule has 0 radical (unpaired) electrons. The van der Waals surface area contributed by atoms with Crippen LogP contribution in [0.5, 0.6) is 0 Å². The highest BCUT2D eigenvalue weighted by Crippen LogP contribution is 2.50. The number of aromatic amines is 1. The lowest BCUT2D eigenvalue weighted by atomic mass is 10.1.